The molecule has 0 saturated heterocycles. The van der Waals surface area contributed by atoms with Crippen molar-refractivity contribution >= 4 is 27.5 Å². The van der Waals surface area contributed by atoms with E-state index in [1.54, 1.807) is 6.07 Å². The van der Waals surface area contributed by atoms with Crippen LogP contribution >= 0.6 is 15.9 Å². The van der Waals surface area contributed by atoms with Crippen molar-refractivity contribution in [2.75, 3.05) is 0 Å². The van der Waals surface area contributed by atoms with Crippen LogP contribution in [0, 0.1) is 13.8 Å². The lowest BCUT2D eigenvalue weighted by atomic mass is 10.0. The quantitative estimate of drug-likeness (QED) is 0.824. The average molecular weight is 345 g/mol. The fraction of sp³-hybridized carbons (Fsp3) is 0.118. The molecule has 0 aliphatic rings. The summed E-state index contributed by atoms with van der Waals surface area (Å²) in [5.74, 6) is -0.214. The molecule has 21 heavy (non-hydrogen) atoms. The zero-order valence-electron chi connectivity index (χ0n) is 12.0. The molecule has 0 spiro atoms. The van der Waals surface area contributed by atoms with Crippen molar-refractivity contribution in [3.63, 3.8) is 0 Å². The third kappa shape index (κ3) is 3.73. The molecule has 2 aromatic rings. The number of halogens is 1. The minimum Gasteiger partial charge on any atom is -0.298 e. The highest BCUT2D eigenvalue weighted by atomic mass is 79.9. The molecule has 0 aliphatic heterocycles. The molecular formula is C17H17BrN2O. The molecule has 0 saturated carbocycles. The van der Waals surface area contributed by atoms with Gasteiger partial charge in [0.1, 0.15) is 0 Å². The highest BCUT2D eigenvalue weighted by Gasteiger charge is 2.09. The van der Waals surface area contributed by atoms with Gasteiger partial charge in [0.25, 0.3) is 5.91 Å². The summed E-state index contributed by atoms with van der Waals surface area (Å²) in [5.41, 5.74) is 10.0. The first-order valence-corrected chi connectivity index (χ1v) is 7.36. The first kappa shape index (κ1) is 15.3. The van der Waals surface area contributed by atoms with E-state index in [-0.39, 0.29) is 5.91 Å². The van der Waals surface area contributed by atoms with Crippen LogP contribution in [0.5, 0.6) is 0 Å². The van der Waals surface area contributed by atoms with E-state index < -0.39 is 0 Å². The second-order valence-corrected chi connectivity index (χ2v) is 5.71. The first-order chi connectivity index (χ1) is 9.99. The van der Waals surface area contributed by atoms with Gasteiger partial charge in [-0.05, 0) is 53.5 Å². The van der Waals surface area contributed by atoms with Crippen molar-refractivity contribution in [3.8, 4) is 0 Å². The van der Waals surface area contributed by atoms with Crippen LogP contribution in [-0.2, 0) is 0 Å². The van der Waals surface area contributed by atoms with E-state index in [0.29, 0.717) is 11.3 Å². The van der Waals surface area contributed by atoms with Gasteiger partial charge in [0.2, 0.25) is 0 Å². The molecule has 2 N–H and O–H groups in total. The molecule has 0 atom stereocenters. The zero-order chi connectivity index (χ0) is 15.4. The standard InChI is InChI=1S/C17H17BrN2O/c1-11-8-9-12(2)15(10-11)13(3)19-20-17(21)14-6-4-5-7-16(14)18/h4-10,19H,3H2,1-2H3,(H,20,21). The Morgan fingerprint density at radius 3 is 2.48 bits per heavy atom. The third-order valence-corrected chi connectivity index (χ3v) is 3.86. The molecule has 1 amide bonds. The van der Waals surface area contributed by atoms with Gasteiger partial charge in [-0.1, -0.05) is 36.4 Å². The highest BCUT2D eigenvalue weighted by molar-refractivity contribution is 9.10. The van der Waals surface area contributed by atoms with Gasteiger partial charge in [-0.25, -0.2) is 0 Å². The molecule has 3 nitrogen and oxygen atoms in total. The minimum atomic E-state index is -0.214. The van der Waals surface area contributed by atoms with Crippen molar-refractivity contribution in [2.45, 2.75) is 13.8 Å². The number of rotatable bonds is 4. The van der Waals surface area contributed by atoms with Gasteiger partial charge in [-0.2, -0.15) is 0 Å². The summed E-state index contributed by atoms with van der Waals surface area (Å²) >= 11 is 3.36. The smallest absolute Gasteiger partial charge is 0.270 e. The van der Waals surface area contributed by atoms with Crippen LogP contribution in [-0.4, -0.2) is 5.91 Å². The van der Waals surface area contributed by atoms with Crippen molar-refractivity contribution in [1.82, 2.24) is 10.9 Å². The molecule has 0 aromatic heterocycles. The van der Waals surface area contributed by atoms with Gasteiger partial charge in [0.15, 0.2) is 0 Å². The number of benzene rings is 2. The van der Waals surface area contributed by atoms with E-state index >= 15 is 0 Å². The summed E-state index contributed by atoms with van der Waals surface area (Å²) in [6.45, 7) is 8.01. The molecule has 2 rings (SSSR count). The van der Waals surface area contributed by atoms with E-state index in [1.807, 2.05) is 50.2 Å². The minimum absolute atomic E-state index is 0.214. The predicted octanol–water partition coefficient (Wildman–Crippen LogP) is 3.97. The number of nitrogens with one attached hydrogen (secondary N) is 2. The number of carbonyl (C=O) groups is 1. The van der Waals surface area contributed by atoms with Crippen molar-refractivity contribution in [3.05, 3.63) is 75.8 Å². The lowest BCUT2D eigenvalue weighted by Crippen LogP contribution is -2.36. The lowest BCUT2D eigenvalue weighted by Gasteiger charge is -2.14. The lowest BCUT2D eigenvalue weighted by molar-refractivity contribution is 0.0941. The van der Waals surface area contributed by atoms with Gasteiger partial charge < -0.3 is 0 Å². The molecule has 0 radical (unpaired) electrons. The van der Waals surface area contributed by atoms with Gasteiger partial charge >= 0.3 is 0 Å². The van der Waals surface area contributed by atoms with Crippen LogP contribution in [0.2, 0.25) is 0 Å². The van der Waals surface area contributed by atoms with Crippen molar-refractivity contribution in [1.29, 1.82) is 0 Å². The molecular weight excluding hydrogens is 328 g/mol. The van der Waals surface area contributed by atoms with Crippen molar-refractivity contribution < 1.29 is 4.79 Å². The van der Waals surface area contributed by atoms with Gasteiger partial charge in [-0.15, -0.1) is 0 Å². The van der Waals surface area contributed by atoms with Crippen LogP contribution in [0.15, 0.2) is 53.5 Å². The summed E-state index contributed by atoms with van der Waals surface area (Å²) in [6.07, 6.45) is 0. The monoisotopic (exact) mass is 344 g/mol. The molecule has 0 aliphatic carbocycles. The van der Waals surface area contributed by atoms with E-state index in [1.165, 1.54) is 0 Å². The normalized spacial score (nSPS) is 10.0. The number of amides is 1. The molecule has 0 fully saturated rings. The summed E-state index contributed by atoms with van der Waals surface area (Å²) < 4.78 is 0.752. The Kier molecular flexibility index (Phi) is 4.81. The van der Waals surface area contributed by atoms with Crippen LogP contribution in [0.3, 0.4) is 0 Å². The fourth-order valence-electron chi connectivity index (χ4n) is 1.97. The highest BCUT2D eigenvalue weighted by Crippen LogP contribution is 2.17. The molecule has 4 heteroatoms. The van der Waals surface area contributed by atoms with E-state index in [4.69, 9.17) is 0 Å². The van der Waals surface area contributed by atoms with E-state index in [2.05, 4.69) is 33.4 Å². The summed E-state index contributed by atoms with van der Waals surface area (Å²) in [4.78, 5) is 12.1. The van der Waals surface area contributed by atoms with E-state index in [0.717, 1.165) is 21.2 Å². The molecule has 0 unspecified atom stereocenters. The Morgan fingerprint density at radius 1 is 1.05 bits per heavy atom. The predicted molar refractivity (Wildman–Crippen MR) is 89.7 cm³/mol. The second kappa shape index (κ2) is 6.59. The van der Waals surface area contributed by atoms with Crippen LogP contribution in [0.25, 0.3) is 5.70 Å². The number of hydrazine groups is 1. The maximum Gasteiger partial charge on any atom is 0.270 e. The molecule has 2 aromatic carbocycles. The molecule has 108 valence electrons. The first-order valence-electron chi connectivity index (χ1n) is 6.56. The Labute approximate surface area is 133 Å². The summed E-state index contributed by atoms with van der Waals surface area (Å²) in [7, 11) is 0. The largest absolute Gasteiger partial charge is 0.298 e. The fourth-order valence-corrected chi connectivity index (χ4v) is 2.44. The second-order valence-electron chi connectivity index (χ2n) is 4.86. The molecule has 0 bridgehead atoms. The molecule has 0 heterocycles. The maximum absolute atomic E-state index is 12.1. The summed E-state index contributed by atoms with van der Waals surface area (Å²) in [6, 6.07) is 13.4. The van der Waals surface area contributed by atoms with Crippen molar-refractivity contribution in [2.24, 2.45) is 0 Å². The number of hydrogen-bond acceptors (Lipinski definition) is 2. The Bertz CT molecular complexity index is 695. The SMILES string of the molecule is C=C(NNC(=O)c1ccccc1Br)c1cc(C)ccc1C. The topological polar surface area (TPSA) is 41.1 Å². The van der Waals surface area contributed by atoms with Crippen LogP contribution in [0.4, 0.5) is 0 Å². The number of carbonyl (C=O) groups excluding carboxylic acids is 1. The Morgan fingerprint density at radius 2 is 1.76 bits per heavy atom. The van der Waals surface area contributed by atoms with Gasteiger partial charge in [0, 0.05) is 10.0 Å². The van der Waals surface area contributed by atoms with Crippen LogP contribution in [0.1, 0.15) is 27.0 Å². The van der Waals surface area contributed by atoms with Crippen LogP contribution < -0.4 is 10.9 Å². The van der Waals surface area contributed by atoms with E-state index in [9.17, 15) is 4.79 Å². The zero-order valence-corrected chi connectivity index (χ0v) is 13.6. The van der Waals surface area contributed by atoms with Gasteiger partial charge in [-0.3, -0.25) is 15.6 Å². The third-order valence-electron chi connectivity index (χ3n) is 3.16. The average Bonchev–Trinajstić information content (AvgIpc) is 2.47. The Balaban J connectivity index is 2.06. The number of aryl methyl sites for hydroxylation is 2. The Hall–Kier alpha value is -2.07. The summed E-state index contributed by atoms with van der Waals surface area (Å²) in [5, 5.41) is 0. The maximum atomic E-state index is 12.1. The van der Waals surface area contributed by atoms with Gasteiger partial charge in [0.05, 0.1) is 11.3 Å². The number of hydrogen-bond donors (Lipinski definition) is 2.